The molecule has 2 heterocycles. The number of carbonyl (C=O) groups is 1. The maximum absolute atomic E-state index is 12.7. The average molecular weight is 368 g/mol. The fourth-order valence-corrected chi connectivity index (χ4v) is 3.43. The molecule has 24 heavy (non-hydrogen) atoms. The number of rotatable bonds is 3. The summed E-state index contributed by atoms with van der Waals surface area (Å²) in [6.45, 7) is 3.15. The lowest BCUT2D eigenvalue weighted by molar-refractivity contribution is 0.0696. The van der Waals surface area contributed by atoms with Crippen molar-refractivity contribution in [3.63, 3.8) is 0 Å². The maximum atomic E-state index is 12.7. The van der Waals surface area contributed by atoms with E-state index in [9.17, 15) is 4.79 Å². The molecular formula is C16H19Cl2N5O. The number of hydrogen-bond donors (Lipinski definition) is 1. The molecule has 1 fully saturated rings. The molecule has 1 unspecified atom stereocenters. The first-order valence-electron chi connectivity index (χ1n) is 7.96. The van der Waals surface area contributed by atoms with Crippen LogP contribution in [0.5, 0.6) is 0 Å². The first-order chi connectivity index (χ1) is 11.5. The quantitative estimate of drug-likeness (QED) is 0.904. The first kappa shape index (κ1) is 17.2. The van der Waals surface area contributed by atoms with Crippen LogP contribution < -0.4 is 5.73 Å². The van der Waals surface area contributed by atoms with Crippen LogP contribution in [0.3, 0.4) is 0 Å². The number of benzene rings is 1. The number of likely N-dealkylation sites (tertiary alicyclic amines) is 1. The van der Waals surface area contributed by atoms with E-state index < -0.39 is 0 Å². The molecule has 0 saturated carbocycles. The van der Waals surface area contributed by atoms with Crippen LogP contribution in [0, 0.1) is 0 Å². The molecule has 6 nitrogen and oxygen atoms in total. The first-order valence-corrected chi connectivity index (χ1v) is 8.72. The van der Waals surface area contributed by atoms with Gasteiger partial charge in [0.2, 0.25) is 5.82 Å². The summed E-state index contributed by atoms with van der Waals surface area (Å²) in [5, 5.41) is 5.30. The molecule has 1 atom stereocenters. The van der Waals surface area contributed by atoms with Gasteiger partial charge in [0.05, 0.1) is 10.0 Å². The lowest BCUT2D eigenvalue weighted by Crippen LogP contribution is -2.46. The number of aromatic nitrogens is 3. The summed E-state index contributed by atoms with van der Waals surface area (Å²) >= 11 is 12.5. The molecule has 2 aromatic rings. The van der Waals surface area contributed by atoms with E-state index in [2.05, 4.69) is 10.1 Å². The topological polar surface area (TPSA) is 77.0 Å². The van der Waals surface area contributed by atoms with Crippen LogP contribution in [0.25, 0.3) is 5.69 Å². The second-order valence-electron chi connectivity index (χ2n) is 5.84. The zero-order valence-corrected chi connectivity index (χ0v) is 14.9. The third-order valence-corrected chi connectivity index (χ3v) is 4.69. The third kappa shape index (κ3) is 3.27. The lowest BCUT2D eigenvalue weighted by atomic mass is 10.1. The molecule has 0 radical (unpaired) electrons. The Labute approximate surface area is 150 Å². The highest BCUT2D eigenvalue weighted by molar-refractivity contribution is 6.37. The molecular weight excluding hydrogens is 349 g/mol. The SMILES string of the molecule is CCc1nc(C(=O)N2CCCC(N)C2)nn1-c1c(Cl)cccc1Cl. The van der Waals surface area contributed by atoms with E-state index in [1.165, 1.54) is 0 Å². The van der Waals surface area contributed by atoms with E-state index in [-0.39, 0.29) is 17.8 Å². The fraction of sp³-hybridized carbons (Fsp3) is 0.438. The van der Waals surface area contributed by atoms with E-state index in [1.807, 2.05) is 6.92 Å². The summed E-state index contributed by atoms with van der Waals surface area (Å²) in [6.07, 6.45) is 2.42. The molecule has 0 bridgehead atoms. The second-order valence-corrected chi connectivity index (χ2v) is 6.66. The molecule has 1 aliphatic rings. The molecule has 8 heteroatoms. The fourth-order valence-electron chi connectivity index (χ4n) is 2.87. The Morgan fingerprint density at radius 1 is 1.38 bits per heavy atom. The molecule has 2 N–H and O–H groups in total. The summed E-state index contributed by atoms with van der Waals surface area (Å²) < 4.78 is 1.56. The van der Waals surface area contributed by atoms with E-state index in [0.29, 0.717) is 41.1 Å². The Morgan fingerprint density at radius 2 is 2.08 bits per heavy atom. The minimum Gasteiger partial charge on any atom is -0.334 e. The highest BCUT2D eigenvalue weighted by Gasteiger charge is 2.27. The largest absolute Gasteiger partial charge is 0.334 e. The molecule has 3 rings (SSSR count). The molecule has 1 aromatic heterocycles. The lowest BCUT2D eigenvalue weighted by Gasteiger charge is -2.29. The van der Waals surface area contributed by atoms with Crippen molar-refractivity contribution in [2.24, 2.45) is 5.73 Å². The van der Waals surface area contributed by atoms with Gasteiger partial charge >= 0.3 is 0 Å². The van der Waals surface area contributed by atoms with Crippen LogP contribution >= 0.6 is 23.2 Å². The third-order valence-electron chi connectivity index (χ3n) is 4.08. The average Bonchev–Trinajstić information content (AvgIpc) is 2.98. The monoisotopic (exact) mass is 367 g/mol. The van der Waals surface area contributed by atoms with Gasteiger partial charge in [0.15, 0.2) is 0 Å². The molecule has 1 saturated heterocycles. The van der Waals surface area contributed by atoms with E-state index in [4.69, 9.17) is 28.9 Å². The standard InChI is InChI=1S/C16H19Cl2N5O/c1-2-13-20-15(16(24)22-8-4-5-10(19)9-22)21-23(13)14-11(17)6-3-7-12(14)18/h3,6-7,10H,2,4-5,8-9,19H2,1H3. The number of piperidine rings is 1. The predicted molar refractivity (Wildman–Crippen MR) is 93.9 cm³/mol. The van der Waals surface area contributed by atoms with Gasteiger partial charge in [-0.05, 0) is 25.0 Å². The number of aryl methyl sites for hydroxylation is 1. The van der Waals surface area contributed by atoms with Gasteiger partial charge in [-0.2, -0.15) is 0 Å². The van der Waals surface area contributed by atoms with Gasteiger partial charge in [-0.15, -0.1) is 5.10 Å². The molecule has 0 spiro atoms. The zero-order valence-electron chi connectivity index (χ0n) is 13.4. The number of halogens is 2. The number of carbonyl (C=O) groups excluding carboxylic acids is 1. The van der Waals surface area contributed by atoms with Gasteiger partial charge in [0.25, 0.3) is 5.91 Å². The molecule has 1 aliphatic heterocycles. The van der Waals surface area contributed by atoms with Crippen molar-refractivity contribution in [2.45, 2.75) is 32.2 Å². The summed E-state index contributed by atoms with van der Waals surface area (Å²) in [5.41, 5.74) is 6.50. The van der Waals surface area contributed by atoms with Gasteiger partial charge in [0, 0.05) is 25.6 Å². The van der Waals surface area contributed by atoms with Crippen LogP contribution in [0.4, 0.5) is 0 Å². The van der Waals surface area contributed by atoms with Crippen molar-refractivity contribution in [1.82, 2.24) is 19.7 Å². The molecule has 0 aliphatic carbocycles. The van der Waals surface area contributed by atoms with Gasteiger partial charge in [0.1, 0.15) is 11.5 Å². The second kappa shape index (κ2) is 7.09. The van der Waals surface area contributed by atoms with Crippen molar-refractivity contribution in [3.8, 4) is 5.69 Å². The Balaban J connectivity index is 1.97. The van der Waals surface area contributed by atoms with Crippen molar-refractivity contribution in [1.29, 1.82) is 0 Å². The van der Waals surface area contributed by atoms with Crippen LogP contribution in [0.2, 0.25) is 10.0 Å². The molecule has 1 aromatic carbocycles. The minimum absolute atomic E-state index is 0.00782. The molecule has 128 valence electrons. The Kier molecular flexibility index (Phi) is 5.08. The number of nitrogens with two attached hydrogens (primary N) is 1. The van der Waals surface area contributed by atoms with Crippen molar-refractivity contribution < 1.29 is 4.79 Å². The number of nitrogens with zero attached hydrogens (tertiary/aromatic N) is 4. The minimum atomic E-state index is -0.207. The van der Waals surface area contributed by atoms with E-state index in [1.54, 1.807) is 27.8 Å². The summed E-state index contributed by atoms with van der Waals surface area (Å²) in [5.74, 6) is 0.577. The van der Waals surface area contributed by atoms with Crippen LogP contribution in [0.15, 0.2) is 18.2 Å². The van der Waals surface area contributed by atoms with Crippen molar-refractivity contribution in [3.05, 3.63) is 39.9 Å². The van der Waals surface area contributed by atoms with Gasteiger partial charge in [-0.3, -0.25) is 4.79 Å². The normalized spacial score (nSPS) is 18.0. The summed E-state index contributed by atoms with van der Waals surface area (Å²) in [6, 6.07) is 5.23. The predicted octanol–water partition coefficient (Wildman–Crippen LogP) is 2.70. The van der Waals surface area contributed by atoms with E-state index >= 15 is 0 Å². The Morgan fingerprint density at radius 3 is 2.71 bits per heavy atom. The number of hydrogen-bond acceptors (Lipinski definition) is 4. The van der Waals surface area contributed by atoms with Gasteiger partial charge in [-0.1, -0.05) is 36.2 Å². The Hall–Kier alpha value is -1.63. The highest BCUT2D eigenvalue weighted by Crippen LogP contribution is 2.29. The summed E-state index contributed by atoms with van der Waals surface area (Å²) in [4.78, 5) is 18.8. The van der Waals surface area contributed by atoms with Crippen LogP contribution in [0.1, 0.15) is 36.2 Å². The van der Waals surface area contributed by atoms with Gasteiger partial charge < -0.3 is 10.6 Å². The number of amides is 1. The number of para-hydroxylation sites is 1. The summed E-state index contributed by atoms with van der Waals surface area (Å²) in [7, 11) is 0. The van der Waals surface area contributed by atoms with Crippen molar-refractivity contribution >= 4 is 29.1 Å². The molecule has 1 amide bonds. The van der Waals surface area contributed by atoms with Gasteiger partial charge in [-0.25, -0.2) is 9.67 Å². The van der Waals surface area contributed by atoms with Crippen LogP contribution in [-0.2, 0) is 6.42 Å². The maximum Gasteiger partial charge on any atom is 0.293 e. The smallest absolute Gasteiger partial charge is 0.293 e. The van der Waals surface area contributed by atoms with Crippen LogP contribution in [-0.4, -0.2) is 44.7 Å². The van der Waals surface area contributed by atoms with E-state index in [0.717, 1.165) is 12.8 Å². The highest BCUT2D eigenvalue weighted by atomic mass is 35.5. The Bertz CT molecular complexity index is 741. The zero-order chi connectivity index (χ0) is 17.3. The van der Waals surface area contributed by atoms with Crippen molar-refractivity contribution in [2.75, 3.05) is 13.1 Å².